The van der Waals surface area contributed by atoms with Crippen LogP contribution in [-0.2, 0) is 32.3 Å². The Labute approximate surface area is 327 Å². The highest BCUT2D eigenvalue weighted by atomic mass is 35.5. The Hall–Kier alpha value is -2.67. The molecule has 2 saturated heterocycles. The maximum absolute atomic E-state index is 13.6. The van der Waals surface area contributed by atoms with Crippen molar-refractivity contribution in [1.82, 2.24) is 14.5 Å². The molecule has 12 heteroatoms. The number of carbonyl (C=O) groups is 1. The van der Waals surface area contributed by atoms with E-state index in [0.717, 1.165) is 115 Å². The molecule has 0 unspecified atom stereocenters. The van der Waals surface area contributed by atoms with Crippen LogP contribution in [0.1, 0.15) is 73.9 Å². The molecule has 1 aliphatic carbocycles. The van der Waals surface area contributed by atoms with E-state index >= 15 is 0 Å². The molecule has 54 heavy (non-hydrogen) atoms. The quantitative estimate of drug-likeness (QED) is 0.377. The SMILES string of the molecule is CO[C@@]1(CN2CCN([C@H]3CCOC3)CC2)/C=C/C[C@H](C)[C@@H](C)S(=O)(=O)NC(=O)c2ccc3c(c2)N(CCCCc2cc(Cl)ccc2CCO3)C[C@@H]2CC[C@H]21. The van der Waals surface area contributed by atoms with Gasteiger partial charge < -0.3 is 19.1 Å². The van der Waals surface area contributed by atoms with Crippen molar-refractivity contribution >= 4 is 33.2 Å². The number of hydrogen-bond donors (Lipinski definition) is 1. The van der Waals surface area contributed by atoms with E-state index < -0.39 is 26.8 Å². The molecule has 296 valence electrons. The topological polar surface area (TPSA) is 101 Å². The van der Waals surface area contributed by atoms with Gasteiger partial charge in [-0.05, 0) is 111 Å². The van der Waals surface area contributed by atoms with Gasteiger partial charge in [0.2, 0.25) is 10.0 Å². The minimum absolute atomic E-state index is 0.218. The second-order valence-corrected chi connectivity index (χ2v) is 18.8. The highest BCUT2D eigenvalue weighted by molar-refractivity contribution is 7.90. The Bertz CT molecular complexity index is 1760. The van der Waals surface area contributed by atoms with Crippen LogP contribution in [0.4, 0.5) is 5.69 Å². The van der Waals surface area contributed by atoms with Gasteiger partial charge in [0.15, 0.2) is 0 Å². The van der Waals surface area contributed by atoms with Crippen molar-refractivity contribution in [2.45, 2.75) is 82.1 Å². The number of carbonyl (C=O) groups excluding carboxylic acids is 1. The van der Waals surface area contributed by atoms with E-state index in [9.17, 15) is 13.2 Å². The third-order valence-corrected chi connectivity index (χ3v) is 15.2. The average Bonchev–Trinajstić information content (AvgIpc) is 3.69. The van der Waals surface area contributed by atoms with Gasteiger partial charge >= 0.3 is 0 Å². The van der Waals surface area contributed by atoms with Gasteiger partial charge in [-0.1, -0.05) is 36.7 Å². The number of aryl methyl sites for hydroxylation is 1. The predicted octanol–water partition coefficient (Wildman–Crippen LogP) is 5.97. The molecule has 2 aromatic carbocycles. The lowest BCUT2D eigenvalue weighted by Crippen LogP contribution is -2.59. The number of ether oxygens (including phenoxy) is 3. The molecule has 7 rings (SSSR count). The number of nitrogens with zero attached hydrogens (tertiary/aromatic N) is 3. The Balaban J connectivity index is 1.21. The van der Waals surface area contributed by atoms with Crippen molar-refractivity contribution in [2.24, 2.45) is 17.8 Å². The first-order valence-corrected chi connectivity index (χ1v) is 22.1. The first-order chi connectivity index (χ1) is 26.0. The summed E-state index contributed by atoms with van der Waals surface area (Å²) in [7, 11) is -2.10. The molecule has 1 saturated carbocycles. The Morgan fingerprint density at radius 1 is 0.963 bits per heavy atom. The lowest BCUT2D eigenvalue weighted by atomic mass is 9.63. The fourth-order valence-corrected chi connectivity index (χ4v) is 10.8. The summed E-state index contributed by atoms with van der Waals surface area (Å²) in [6.07, 6.45) is 11.8. The molecule has 1 amide bonds. The number of nitrogens with one attached hydrogen (secondary N) is 1. The molecule has 5 aliphatic rings. The van der Waals surface area contributed by atoms with Crippen molar-refractivity contribution in [1.29, 1.82) is 0 Å². The summed E-state index contributed by atoms with van der Waals surface area (Å²) in [5, 5.41) is -0.0241. The van der Waals surface area contributed by atoms with Crippen LogP contribution < -0.4 is 14.4 Å². The fourth-order valence-electron chi connectivity index (χ4n) is 9.30. The van der Waals surface area contributed by atoms with Gasteiger partial charge in [0.1, 0.15) is 11.4 Å². The number of anilines is 1. The van der Waals surface area contributed by atoms with E-state index in [1.165, 1.54) is 11.1 Å². The van der Waals surface area contributed by atoms with Crippen LogP contribution in [0.25, 0.3) is 0 Å². The number of sulfonamides is 1. The lowest BCUT2D eigenvalue weighted by molar-refractivity contribution is -0.0963. The standard InChI is InChI=1S/C42H59ClN4O6S/c1-30-7-6-17-42(51-3,29-45-19-21-46(22-20-45)37-16-23-52-28-37)38-13-10-35(38)27-47-18-5-4-8-33-25-36(43)12-9-32(33)15-24-53-40-14-11-34(26-39(40)47)41(48)44-54(49,50)31(30)2/h6,9,11-12,14,17,25-26,30-31,35,37-38H,4-5,7-8,10,13,15-16,18-24,27-29H2,1-3H3,(H,44,48)/b17-6+/t30-,31+,35-,37-,38+,42+/m0/s1. The van der Waals surface area contributed by atoms with Crippen LogP contribution in [0.2, 0.25) is 5.02 Å². The van der Waals surface area contributed by atoms with Crippen LogP contribution in [0.15, 0.2) is 48.6 Å². The van der Waals surface area contributed by atoms with E-state index in [4.69, 9.17) is 25.8 Å². The van der Waals surface area contributed by atoms with Crippen molar-refractivity contribution in [3.63, 3.8) is 0 Å². The van der Waals surface area contributed by atoms with E-state index in [1.807, 2.05) is 32.2 Å². The number of hydrogen-bond acceptors (Lipinski definition) is 9. The number of fused-ring (bicyclic) bond motifs is 3. The lowest BCUT2D eigenvalue weighted by Gasteiger charge is -2.52. The molecule has 0 radical (unpaired) electrons. The largest absolute Gasteiger partial charge is 0.491 e. The molecule has 3 fully saturated rings. The Morgan fingerprint density at radius 2 is 1.80 bits per heavy atom. The molecule has 0 spiro atoms. The molecular formula is C42H59ClN4O6S. The van der Waals surface area contributed by atoms with Crippen LogP contribution in [-0.4, -0.2) is 114 Å². The van der Waals surface area contributed by atoms with Gasteiger partial charge in [-0.25, -0.2) is 13.1 Å². The minimum atomic E-state index is -3.95. The summed E-state index contributed by atoms with van der Waals surface area (Å²) in [4.78, 5) is 21.2. The molecule has 4 aliphatic heterocycles. The zero-order valence-electron chi connectivity index (χ0n) is 32.3. The van der Waals surface area contributed by atoms with Crippen LogP contribution in [0, 0.1) is 17.8 Å². The monoisotopic (exact) mass is 782 g/mol. The first kappa shape index (κ1) is 39.6. The Morgan fingerprint density at radius 3 is 2.54 bits per heavy atom. The molecule has 0 aromatic heterocycles. The summed E-state index contributed by atoms with van der Waals surface area (Å²) in [6.45, 7) is 12.1. The van der Waals surface area contributed by atoms with Gasteiger partial charge in [-0.2, -0.15) is 0 Å². The van der Waals surface area contributed by atoms with Gasteiger partial charge in [0.25, 0.3) is 5.91 Å². The molecule has 2 bridgehead atoms. The summed E-state index contributed by atoms with van der Waals surface area (Å²) >= 11 is 6.43. The van der Waals surface area contributed by atoms with E-state index in [2.05, 4.69) is 43.7 Å². The number of piperazine rings is 1. The van der Waals surface area contributed by atoms with Crippen molar-refractivity contribution < 1.29 is 27.4 Å². The molecule has 10 nitrogen and oxygen atoms in total. The number of allylic oxidation sites excluding steroid dienone is 1. The fraction of sp³-hybridized carbons (Fsp3) is 0.643. The predicted molar refractivity (Wildman–Crippen MR) is 214 cm³/mol. The Kier molecular flexibility index (Phi) is 12.6. The highest BCUT2D eigenvalue weighted by Gasteiger charge is 2.48. The summed E-state index contributed by atoms with van der Waals surface area (Å²) in [5.41, 5.74) is 3.13. The van der Waals surface area contributed by atoms with E-state index in [1.54, 1.807) is 13.0 Å². The number of methoxy groups -OCH3 is 1. The number of rotatable bonds is 4. The number of benzene rings is 2. The van der Waals surface area contributed by atoms with E-state index in [0.29, 0.717) is 36.3 Å². The first-order valence-electron chi connectivity index (χ1n) is 20.2. The van der Waals surface area contributed by atoms with Crippen molar-refractivity contribution in [3.05, 3.63) is 70.3 Å². The molecular weight excluding hydrogens is 724 g/mol. The van der Waals surface area contributed by atoms with Gasteiger partial charge in [-0.15, -0.1) is 0 Å². The third-order valence-electron chi connectivity index (χ3n) is 13.1. The van der Waals surface area contributed by atoms with Crippen LogP contribution in [0.3, 0.4) is 0 Å². The normalized spacial score (nSPS) is 32.1. The number of amides is 1. The third kappa shape index (κ3) is 8.82. The highest BCUT2D eigenvalue weighted by Crippen LogP contribution is 2.47. The van der Waals surface area contributed by atoms with Gasteiger partial charge in [0, 0.05) is 82.6 Å². The average molecular weight is 783 g/mol. The molecule has 4 heterocycles. The maximum atomic E-state index is 13.6. The second-order valence-electron chi connectivity index (χ2n) is 16.3. The molecule has 2 aromatic rings. The zero-order valence-corrected chi connectivity index (χ0v) is 33.9. The minimum Gasteiger partial charge on any atom is -0.491 e. The van der Waals surface area contributed by atoms with Gasteiger partial charge in [-0.3, -0.25) is 14.6 Å². The number of halogens is 1. The summed E-state index contributed by atoms with van der Waals surface area (Å²) in [5.74, 6) is 0.499. The molecule has 1 N–H and O–H groups in total. The maximum Gasteiger partial charge on any atom is 0.264 e. The van der Waals surface area contributed by atoms with Crippen LogP contribution >= 0.6 is 11.6 Å². The van der Waals surface area contributed by atoms with Gasteiger partial charge in [0.05, 0.1) is 24.2 Å². The van der Waals surface area contributed by atoms with Crippen molar-refractivity contribution in [3.8, 4) is 5.75 Å². The smallest absolute Gasteiger partial charge is 0.264 e. The zero-order chi connectivity index (χ0) is 37.9. The van der Waals surface area contributed by atoms with Crippen molar-refractivity contribution in [2.75, 3.05) is 77.6 Å². The van der Waals surface area contributed by atoms with Crippen LogP contribution in [0.5, 0.6) is 5.75 Å². The summed E-state index contributed by atoms with van der Waals surface area (Å²) < 4.78 is 48.5. The summed E-state index contributed by atoms with van der Waals surface area (Å²) in [6, 6.07) is 12.0. The van der Waals surface area contributed by atoms with E-state index in [-0.39, 0.29) is 11.8 Å². The second kappa shape index (κ2) is 17.2. The molecule has 6 atom stereocenters.